The molecule has 2 aromatic rings. The van der Waals surface area contributed by atoms with Crippen molar-refractivity contribution < 1.29 is 4.79 Å². The summed E-state index contributed by atoms with van der Waals surface area (Å²) in [6.45, 7) is 4.15. The molecule has 0 saturated carbocycles. The van der Waals surface area contributed by atoms with E-state index < -0.39 is 0 Å². The molecule has 1 fully saturated rings. The minimum atomic E-state index is 0. The number of benzene rings is 2. The molecule has 1 aliphatic heterocycles. The van der Waals surface area contributed by atoms with E-state index >= 15 is 0 Å². The molecule has 1 heterocycles. The molecule has 168 valence electrons. The minimum absolute atomic E-state index is 0. The maximum Gasteiger partial charge on any atom is 0.222 e. The molecule has 0 aliphatic carbocycles. The average Bonchev–Trinajstić information content (AvgIpc) is 3.32. The van der Waals surface area contributed by atoms with Crippen molar-refractivity contribution in [2.45, 2.75) is 31.8 Å². The molecule has 0 bridgehead atoms. The van der Waals surface area contributed by atoms with Gasteiger partial charge in [-0.3, -0.25) is 14.7 Å². The van der Waals surface area contributed by atoms with E-state index in [1.54, 1.807) is 7.05 Å². The normalized spacial score (nSPS) is 15.1. The van der Waals surface area contributed by atoms with E-state index in [1.807, 2.05) is 30.3 Å². The fraction of sp³-hybridized carbons (Fsp3) is 0.417. The third kappa shape index (κ3) is 8.49. The van der Waals surface area contributed by atoms with Crippen LogP contribution in [0, 0.1) is 0 Å². The van der Waals surface area contributed by atoms with Crippen LogP contribution in [0.4, 0.5) is 0 Å². The van der Waals surface area contributed by atoms with Crippen molar-refractivity contribution in [1.82, 2.24) is 20.9 Å². The lowest BCUT2D eigenvalue weighted by Gasteiger charge is -2.29. The highest BCUT2D eigenvalue weighted by atomic mass is 127. The summed E-state index contributed by atoms with van der Waals surface area (Å²) < 4.78 is 0. The van der Waals surface area contributed by atoms with E-state index in [0.29, 0.717) is 25.6 Å². The molecule has 0 radical (unpaired) electrons. The van der Waals surface area contributed by atoms with E-state index in [1.165, 1.54) is 18.4 Å². The molecule has 0 aromatic heterocycles. The summed E-state index contributed by atoms with van der Waals surface area (Å²) >= 11 is 0. The van der Waals surface area contributed by atoms with Gasteiger partial charge in [0.05, 0.1) is 6.04 Å². The van der Waals surface area contributed by atoms with Gasteiger partial charge >= 0.3 is 0 Å². The fourth-order valence-electron chi connectivity index (χ4n) is 3.78. The van der Waals surface area contributed by atoms with Crippen LogP contribution < -0.4 is 16.0 Å². The van der Waals surface area contributed by atoms with Crippen molar-refractivity contribution >= 4 is 35.8 Å². The summed E-state index contributed by atoms with van der Waals surface area (Å²) in [7, 11) is 1.76. The topological polar surface area (TPSA) is 68.8 Å². The second-order valence-electron chi connectivity index (χ2n) is 7.56. The molecular formula is C24H34IN5O. The Morgan fingerprint density at radius 2 is 1.61 bits per heavy atom. The van der Waals surface area contributed by atoms with E-state index in [4.69, 9.17) is 0 Å². The Morgan fingerprint density at radius 1 is 0.968 bits per heavy atom. The largest absolute Gasteiger partial charge is 0.356 e. The Hall–Kier alpha value is -2.13. The lowest BCUT2D eigenvalue weighted by atomic mass is 10.1. The lowest BCUT2D eigenvalue weighted by Crippen LogP contribution is -2.43. The Labute approximate surface area is 202 Å². The van der Waals surface area contributed by atoms with E-state index in [-0.39, 0.29) is 29.9 Å². The molecular weight excluding hydrogens is 501 g/mol. The van der Waals surface area contributed by atoms with Gasteiger partial charge in [0.15, 0.2) is 5.96 Å². The Balaban J connectivity index is 0.00000341. The van der Waals surface area contributed by atoms with E-state index in [0.717, 1.165) is 31.2 Å². The second kappa shape index (κ2) is 14.0. The van der Waals surface area contributed by atoms with Gasteiger partial charge in [-0.15, -0.1) is 24.0 Å². The Bertz CT molecular complexity index is 794. The number of carbonyl (C=O) groups excluding carboxylic acids is 1. The maximum atomic E-state index is 12.1. The SMILES string of the molecule is CN=C(NCCC(=O)NCc1ccccc1)NCC(c1ccccc1)N1CCCC1.I. The average molecular weight is 535 g/mol. The summed E-state index contributed by atoms with van der Waals surface area (Å²) in [5.74, 6) is 0.757. The van der Waals surface area contributed by atoms with Crippen LogP contribution in [0.2, 0.25) is 0 Å². The number of hydrogen-bond donors (Lipinski definition) is 3. The van der Waals surface area contributed by atoms with Crippen LogP contribution >= 0.6 is 24.0 Å². The van der Waals surface area contributed by atoms with Crippen molar-refractivity contribution in [2.24, 2.45) is 4.99 Å². The summed E-state index contributed by atoms with van der Waals surface area (Å²) in [5.41, 5.74) is 2.42. The lowest BCUT2D eigenvalue weighted by molar-refractivity contribution is -0.121. The molecule has 1 saturated heterocycles. The van der Waals surface area contributed by atoms with Crippen molar-refractivity contribution in [3.05, 3.63) is 71.8 Å². The highest BCUT2D eigenvalue weighted by molar-refractivity contribution is 14.0. The third-order valence-corrected chi connectivity index (χ3v) is 5.43. The number of rotatable bonds is 9. The van der Waals surface area contributed by atoms with Crippen LogP contribution in [-0.2, 0) is 11.3 Å². The molecule has 3 N–H and O–H groups in total. The molecule has 1 atom stereocenters. The van der Waals surface area contributed by atoms with E-state index in [9.17, 15) is 4.79 Å². The standard InChI is InChI=1S/C24H33N5O.HI/c1-25-24(26-15-14-23(30)27-18-20-10-4-2-5-11-20)28-19-22(29-16-8-9-17-29)21-12-6-3-7-13-21;/h2-7,10-13,22H,8-9,14-19H2,1H3,(H,27,30)(H2,25,26,28);1H. The molecule has 7 heteroatoms. The quantitative estimate of drug-likeness (QED) is 0.262. The van der Waals surface area contributed by atoms with Crippen LogP contribution in [0.3, 0.4) is 0 Å². The van der Waals surface area contributed by atoms with Crippen LogP contribution in [0.25, 0.3) is 0 Å². The monoisotopic (exact) mass is 535 g/mol. The Morgan fingerprint density at radius 3 is 2.26 bits per heavy atom. The molecule has 1 amide bonds. The maximum absolute atomic E-state index is 12.1. The number of nitrogens with one attached hydrogen (secondary N) is 3. The molecule has 1 unspecified atom stereocenters. The third-order valence-electron chi connectivity index (χ3n) is 5.43. The second-order valence-corrected chi connectivity index (χ2v) is 7.56. The van der Waals surface area contributed by atoms with Crippen LogP contribution in [0.15, 0.2) is 65.7 Å². The van der Waals surface area contributed by atoms with Gasteiger partial charge in [-0.05, 0) is 37.1 Å². The summed E-state index contributed by atoms with van der Waals surface area (Å²) in [6, 6.07) is 20.9. The number of amides is 1. The number of carbonyl (C=O) groups is 1. The van der Waals surface area contributed by atoms with Gasteiger partial charge in [-0.1, -0.05) is 60.7 Å². The predicted octanol–water partition coefficient (Wildman–Crippen LogP) is 3.31. The van der Waals surface area contributed by atoms with E-state index in [2.05, 4.69) is 56.2 Å². The Kier molecular flexibility index (Phi) is 11.4. The van der Waals surface area contributed by atoms with Gasteiger partial charge in [0, 0.05) is 33.1 Å². The molecule has 2 aromatic carbocycles. The summed E-state index contributed by atoms with van der Waals surface area (Å²) in [4.78, 5) is 18.9. The highest BCUT2D eigenvalue weighted by Crippen LogP contribution is 2.24. The highest BCUT2D eigenvalue weighted by Gasteiger charge is 2.23. The van der Waals surface area contributed by atoms with Gasteiger partial charge in [0.2, 0.25) is 5.91 Å². The van der Waals surface area contributed by atoms with Crippen molar-refractivity contribution in [2.75, 3.05) is 33.2 Å². The summed E-state index contributed by atoms with van der Waals surface area (Å²) in [5, 5.41) is 9.65. The minimum Gasteiger partial charge on any atom is -0.356 e. The first kappa shape index (κ1) is 25.1. The predicted molar refractivity (Wildman–Crippen MR) is 138 cm³/mol. The van der Waals surface area contributed by atoms with Crippen LogP contribution in [-0.4, -0.2) is 50.0 Å². The molecule has 0 spiro atoms. The van der Waals surface area contributed by atoms with Crippen LogP contribution in [0.1, 0.15) is 36.4 Å². The van der Waals surface area contributed by atoms with Crippen molar-refractivity contribution in [3.63, 3.8) is 0 Å². The zero-order chi connectivity index (χ0) is 21.0. The smallest absolute Gasteiger partial charge is 0.222 e. The summed E-state index contributed by atoms with van der Waals surface area (Å²) in [6.07, 6.45) is 2.92. The first-order valence-electron chi connectivity index (χ1n) is 10.8. The number of likely N-dealkylation sites (tertiary alicyclic amines) is 1. The first-order valence-corrected chi connectivity index (χ1v) is 10.8. The fourth-order valence-corrected chi connectivity index (χ4v) is 3.78. The zero-order valence-electron chi connectivity index (χ0n) is 18.2. The first-order chi connectivity index (χ1) is 14.8. The van der Waals surface area contributed by atoms with Gasteiger partial charge in [-0.2, -0.15) is 0 Å². The number of nitrogens with zero attached hydrogens (tertiary/aromatic N) is 2. The van der Waals surface area contributed by atoms with Crippen molar-refractivity contribution in [3.8, 4) is 0 Å². The molecule has 31 heavy (non-hydrogen) atoms. The van der Waals surface area contributed by atoms with Gasteiger partial charge < -0.3 is 16.0 Å². The van der Waals surface area contributed by atoms with Crippen LogP contribution in [0.5, 0.6) is 0 Å². The van der Waals surface area contributed by atoms with Crippen molar-refractivity contribution in [1.29, 1.82) is 0 Å². The van der Waals surface area contributed by atoms with Gasteiger partial charge in [0.1, 0.15) is 0 Å². The van der Waals surface area contributed by atoms with Gasteiger partial charge in [0.25, 0.3) is 0 Å². The molecule has 1 aliphatic rings. The molecule has 3 rings (SSSR count). The number of halogens is 1. The zero-order valence-corrected chi connectivity index (χ0v) is 20.5. The number of hydrogen-bond acceptors (Lipinski definition) is 3. The molecule has 6 nitrogen and oxygen atoms in total. The number of guanidine groups is 1. The number of aliphatic imine (C=N–C) groups is 1. The van der Waals surface area contributed by atoms with Gasteiger partial charge in [-0.25, -0.2) is 0 Å².